The van der Waals surface area contributed by atoms with Gasteiger partial charge in [-0.05, 0) is 64.9 Å². The number of carbonyl (C=O) groups excluding carboxylic acids is 2. The standard InChI is InChI=1S/C26H35BrN2O3/c1-6-13-28-26(31)23(7-2)29(16-20-10-8-9-19(5)14-20)25(30)17-32-24-12-11-21(18(3)4)15-22(24)27/h8-12,14-15,18,23H,6-7,13,16-17H2,1-5H3,(H,28,31). The fraction of sp³-hybridized carbons (Fsp3) is 0.462. The predicted molar refractivity (Wildman–Crippen MR) is 133 cm³/mol. The van der Waals surface area contributed by atoms with Crippen LogP contribution in [0.4, 0.5) is 0 Å². The zero-order valence-corrected chi connectivity index (χ0v) is 21.4. The molecule has 0 heterocycles. The van der Waals surface area contributed by atoms with Crippen molar-refractivity contribution in [1.82, 2.24) is 10.2 Å². The highest BCUT2D eigenvalue weighted by atomic mass is 79.9. The van der Waals surface area contributed by atoms with E-state index in [1.807, 2.05) is 63.2 Å². The Kier molecular flexibility index (Phi) is 10.2. The Morgan fingerprint density at radius 1 is 1.12 bits per heavy atom. The van der Waals surface area contributed by atoms with Crippen LogP contribution in [-0.4, -0.2) is 35.9 Å². The third-order valence-corrected chi connectivity index (χ3v) is 5.96. The van der Waals surface area contributed by atoms with Crippen molar-refractivity contribution in [2.24, 2.45) is 0 Å². The van der Waals surface area contributed by atoms with Gasteiger partial charge in [0.15, 0.2) is 6.61 Å². The van der Waals surface area contributed by atoms with E-state index >= 15 is 0 Å². The molecule has 0 aliphatic rings. The molecule has 0 bridgehead atoms. The monoisotopic (exact) mass is 502 g/mol. The van der Waals surface area contributed by atoms with Crippen LogP contribution >= 0.6 is 15.9 Å². The van der Waals surface area contributed by atoms with E-state index in [0.717, 1.165) is 22.0 Å². The summed E-state index contributed by atoms with van der Waals surface area (Å²) in [5, 5.41) is 2.93. The van der Waals surface area contributed by atoms with Crippen LogP contribution in [0.25, 0.3) is 0 Å². The second-order valence-corrected chi connectivity index (χ2v) is 9.21. The van der Waals surface area contributed by atoms with Gasteiger partial charge < -0.3 is 15.0 Å². The third-order valence-electron chi connectivity index (χ3n) is 5.34. The van der Waals surface area contributed by atoms with E-state index in [1.54, 1.807) is 4.90 Å². The number of aryl methyl sites for hydroxylation is 1. The number of rotatable bonds is 11. The summed E-state index contributed by atoms with van der Waals surface area (Å²) in [5.74, 6) is 0.670. The van der Waals surface area contributed by atoms with Crippen molar-refractivity contribution >= 4 is 27.7 Å². The van der Waals surface area contributed by atoms with Crippen molar-refractivity contribution in [3.8, 4) is 5.75 Å². The highest BCUT2D eigenvalue weighted by Gasteiger charge is 2.29. The van der Waals surface area contributed by atoms with Gasteiger partial charge in [0.05, 0.1) is 4.47 Å². The van der Waals surface area contributed by atoms with E-state index in [2.05, 4.69) is 35.1 Å². The summed E-state index contributed by atoms with van der Waals surface area (Å²) in [5.41, 5.74) is 3.29. The van der Waals surface area contributed by atoms with Crippen molar-refractivity contribution in [2.45, 2.75) is 66.0 Å². The largest absolute Gasteiger partial charge is 0.483 e. The molecule has 2 rings (SSSR count). The number of amides is 2. The van der Waals surface area contributed by atoms with Gasteiger partial charge in [0.25, 0.3) is 5.91 Å². The van der Waals surface area contributed by atoms with Gasteiger partial charge >= 0.3 is 0 Å². The molecule has 174 valence electrons. The lowest BCUT2D eigenvalue weighted by Crippen LogP contribution is -2.50. The van der Waals surface area contributed by atoms with Gasteiger partial charge in [0.2, 0.25) is 5.91 Å². The molecule has 2 amide bonds. The fourth-order valence-electron chi connectivity index (χ4n) is 3.51. The van der Waals surface area contributed by atoms with E-state index in [4.69, 9.17) is 4.74 Å². The second kappa shape index (κ2) is 12.6. The van der Waals surface area contributed by atoms with Crippen LogP contribution in [0.1, 0.15) is 63.1 Å². The minimum Gasteiger partial charge on any atom is -0.483 e. The molecule has 0 aliphatic carbocycles. The molecule has 2 aromatic carbocycles. The number of ether oxygens (including phenoxy) is 1. The minimum atomic E-state index is -0.551. The lowest BCUT2D eigenvalue weighted by atomic mass is 10.0. The van der Waals surface area contributed by atoms with Crippen LogP contribution < -0.4 is 10.1 Å². The summed E-state index contributed by atoms with van der Waals surface area (Å²) < 4.78 is 6.68. The molecule has 0 fully saturated rings. The molecular formula is C26H35BrN2O3. The molecule has 0 aromatic heterocycles. The predicted octanol–water partition coefficient (Wildman–Crippen LogP) is 5.59. The minimum absolute atomic E-state index is 0.127. The van der Waals surface area contributed by atoms with Gasteiger partial charge in [0.1, 0.15) is 11.8 Å². The number of benzene rings is 2. The summed E-state index contributed by atoms with van der Waals surface area (Å²) in [6.45, 7) is 11.0. The first-order valence-electron chi connectivity index (χ1n) is 11.3. The number of hydrogen-bond acceptors (Lipinski definition) is 3. The first-order chi connectivity index (χ1) is 15.3. The van der Waals surface area contributed by atoms with Crippen molar-refractivity contribution in [3.05, 3.63) is 63.6 Å². The van der Waals surface area contributed by atoms with E-state index in [0.29, 0.717) is 31.2 Å². The molecule has 32 heavy (non-hydrogen) atoms. The summed E-state index contributed by atoms with van der Waals surface area (Å²) in [4.78, 5) is 27.7. The summed E-state index contributed by atoms with van der Waals surface area (Å²) in [7, 11) is 0. The van der Waals surface area contributed by atoms with Gasteiger partial charge in [0, 0.05) is 13.1 Å². The molecule has 0 saturated heterocycles. The zero-order valence-electron chi connectivity index (χ0n) is 19.8. The maximum Gasteiger partial charge on any atom is 0.261 e. The van der Waals surface area contributed by atoms with Gasteiger partial charge in [-0.15, -0.1) is 0 Å². The topological polar surface area (TPSA) is 58.6 Å². The molecule has 6 heteroatoms. The quantitative estimate of drug-likeness (QED) is 0.435. The van der Waals surface area contributed by atoms with E-state index in [-0.39, 0.29) is 18.4 Å². The lowest BCUT2D eigenvalue weighted by Gasteiger charge is -2.30. The summed E-state index contributed by atoms with van der Waals surface area (Å²) >= 11 is 3.54. The summed E-state index contributed by atoms with van der Waals surface area (Å²) in [6, 6.07) is 13.4. The smallest absolute Gasteiger partial charge is 0.261 e. The Bertz CT molecular complexity index is 914. The van der Waals surface area contributed by atoms with Gasteiger partial charge in [-0.25, -0.2) is 0 Å². The van der Waals surface area contributed by atoms with Crippen molar-refractivity contribution in [1.29, 1.82) is 0 Å². The first kappa shape index (κ1) is 25.9. The Morgan fingerprint density at radius 3 is 2.47 bits per heavy atom. The molecule has 0 radical (unpaired) electrons. The average molecular weight is 503 g/mol. The number of hydrogen-bond donors (Lipinski definition) is 1. The lowest BCUT2D eigenvalue weighted by molar-refractivity contribution is -0.143. The van der Waals surface area contributed by atoms with E-state index < -0.39 is 6.04 Å². The Hall–Kier alpha value is -2.34. The molecule has 0 spiro atoms. The maximum atomic E-state index is 13.3. The number of nitrogens with one attached hydrogen (secondary N) is 1. The van der Waals surface area contributed by atoms with Crippen LogP contribution in [-0.2, 0) is 16.1 Å². The molecular weight excluding hydrogens is 468 g/mol. The number of nitrogens with zero attached hydrogens (tertiary/aromatic N) is 1. The molecule has 0 saturated carbocycles. The van der Waals surface area contributed by atoms with Gasteiger partial charge in [-0.1, -0.05) is 63.6 Å². The van der Waals surface area contributed by atoms with E-state index in [9.17, 15) is 9.59 Å². The van der Waals surface area contributed by atoms with Crippen LogP contribution in [0, 0.1) is 6.92 Å². The van der Waals surface area contributed by atoms with Crippen LogP contribution in [0.15, 0.2) is 46.9 Å². The first-order valence-corrected chi connectivity index (χ1v) is 12.1. The number of carbonyl (C=O) groups is 2. The molecule has 5 nitrogen and oxygen atoms in total. The normalized spacial score (nSPS) is 11.8. The molecule has 0 aliphatic heterocycles. The van der Waals surface area contributed by atoms with Crippen molar-refractivity contribution < 1.29 is 14.3 Å². The van der Waals surface area contributed by atoms with Crippen LogP contribution in [0.2, 0.25) is 0 Å². The SMILES string of the molecule is CCCNC(=O)C(CC)N(Cc1cccc(C)c1)C(=O)COc1ccc(C(C)C)cc1Br. The second-order valence-electron chi connectivity index (χ2n) is 8.36. The van der Waals surface area contributed by atoms with Crippen LogP contribution in [0.5, 0.6) is 5.75 Å². The Labute approximate surface area is 200 Å². The fourth-order valence-corrected chi connectivity index (χ4v) is 4.02. The average Bonchev–Trinajstić information content (AvgIpc) is 2.76. The highest BCUT2D eigenvalue weighted by molar-refractivity contribution is 9.10. The Balaban J connectivity index is 2.21. The maximum absolute atomic E-state index is 13.3. The molecule has 1 unspecified atom stereocenters. The zero-order chi connectivity index (χ0) is 23.7. The molecule has 1 N–H and O–H groups in total. The molecule has 2 aromatic rings. The third kappa shape index (κ3) is 7.37. The van der Waals surface area contributed by atoms with Gasteiger partial charge in [-0.3, -0.25) is 9.59 Å². The van der Waals surface area contributed by atoms with Gasteiger partial charge in [-0.2, -0.15) is 0 Å². The van der Waals surface area contributed by atoms with Crippen molar-refractivity contribution in [2.75, 3.05) is 13.2 Å². The highest BCUT2D eigenvalue weighted by Crippen LogP contribution is 2.29. The van der Waals surface area contributed by atoms with E-state index in [1.165, 1.54) is 5.56 Å². The number of halogens is 1. The molecule has 1 atom stereocenters. The Morgan fingerprint density at radius 2 is 1.88 bits per heavy atom. The summed E-state index contributed by atoms with van der Waals surface area (Å²) in [6.07, 6.45) is 1.37. The van der Waals surface area contributed by atoms with Crippen molar-refractivity contribution in [3.63, 3.8) is 0 Å². The van der Waals surface area contributed by atoms with Crippen LogP contribution in [0.3, 0.4) is 0 Å².